The molecule has 0 aliphatic heterocycles. The summed E-state index contributed by atoms with van der Waals surface area (Å²) in [5.41, 5.74) is -0.917. The van der Waals surface area contributed by atoms with Crippen molar-refractivity contribution in [3.05, 3.63) is 27.9 Å². The van der Waals surface area contributed by atoms with Crippen LogP contribution in [0.3, 0.4) is 0 Å². The minimum Gasteiger partial charge on any atom is -0.477 e. The van der Waals surface area contributed by atoms with E-state index in [4.69, 9.17) is 5.11 Å². The minimum atomic E-state index is -1.25. The molecule has 0 saturated carbocycles. The Labute approximate surface area is 97.3 Å². The maximum Gasteiger partial charge on any atom is 0.342 e. The van der Waals surface area contributed by atoms with E-state index in [0.717, 1.165) is 12.6 Å². The Kier molecular flexibility index (Phi) is 4.54. The average Bonchev–Trinajstić information content (AvgIpc) is 2.25. The van der Waals surface area contributed by atoms with Crippen molar-refractivity contribution in [2.24, 2.45) is 0 Å². The molecule has 0 saturated heterocycles. The van der Waals surface area contributed by atoms with Crippen LogP contribution in [0.15, 0.2) is 11.0 Å². The van der Waals surface area contributed by atoms with Gasteiger partial charge in [0.15, 0.2) is 0 Å². The lowest BCUT2D eigenvalue weighted by Gasteiger charge is -2.06. The van der Waals surface area contributed by atoms with Gasteiger partial charge in [0.05, 0.1) is 5.75 Å². The third-order valence-electron chi connectivity index (χ3n) is 2.16. The van der Waals surface area contributed by atoms with Gasteiger partial charge >= 0.3 is 5.97 Å². The summed E-state index contributed by atoms with van der Waals surface area (Å²) in [5, 5.41) is 9.14. The van der Waals surface area contributed by atoms with Crippen molar-refractivity contribution < 1.29 is 9.90 Å². The molecule has 0 radical (unpaired) electrons. The molecule has 16 heavy (non-hydrogen) atoms. The molecule has 1 rings (SSSR count). The van der Waals surface area contributed by atoms with Crippen LogP contribution in [-0.2, 0) is 5.75 Å². The average molecular weight is 242 g/mol. The Morgan fingerprint density at radius 1 is 1.69 bits per heavy atom. The van der Waals surface area contributed by atoms with Gasteiger partial charge in [0.2, 0.25) is 0 Å². The van der Waals surface area contributed by atoms with Gasteiger partial charge in [-0.1, -0.05) is 13.8 Å². The predicted molar refractivity (Wildman–Crippen MR) is 62.9 cm³/mol. The van der Waals surface area contributed by atoms with E-state index in [1.807, 2.05) is 0 Å². The van der Waals surface area contributed by atoms with E-state index < -0.39 is 11.5 Å². The third-order valence-corrected chi connectivity index (χ3v) is 3.50. The van der Waals surface area contributed by atoms with E-state index in [0.29, 0.717) is 16.8 Å². The number of hydrogen-bond acceptors (Lipinski definition) is 4. The van der Waals surface area contributed by atoms with Gasteiger partial charge in [-0.25, -0.2) is 9.78 Å². The number of nitrogens with one attached hydrogen (secondary N) is 1. The first-order valence-corrected chi connectivity index (χ1v) is 6.02. The highest BCUT2D eigenvalue weighted by molar-refractivity contribution is 7.99. The molecule has 0 aromatic carbocycles. The summed E-state index contributed by atoms with van der Waals surface area (Å²) in [5.74, 6) is -0.153. The van der Waals surface area contributed by atoms with Crippen LogP contribution in [0.4, 0.5) is 0 Å². The molecule has 0 amide bonds. The molecule has 0 spiro atoms. The van der Waals surface area contributed by atoms with Crippen LogP contribution in [0.5, 0.6) is 0 Å². The zero-order chi connectivity index (χ0) is 12.1. The van der Waals surface area contributed by atoms with Crippen molar-refractivity contribution in [2.75, 3.05) is 0 Å². The number of aromatic nitrogens is 2. The Hall–Kier alpha value is -1.30. The summed E-state index contributed by atoms with van der Waals surface area (Å²) in [6, 6.07) is 0. The number of carboxylic acids is 1. The molecule has 88 valence electrons. The number of hydrogen-bond donors (Lipinski definition) is 2. The number of carboxylic acid groups (broad SMARTS) is 1. The van der Waals surface area contributed by atoms with E-state index in [-0.39, 0.29) is 5.56 Å². The zero-order valence-corrected chi connectivity index (χ0v) is 10.0. The van der Waals surface area contributed by atoms with Crippen LogP contribution in [0.2, 0.25) is 0 Å². The normalized spacial score (nSPS) is 12.4. The molecule has 0 aliphatic carbocycles. The molecule has 2 N–H and O–H groups in total. The van der Waals surface area contributed by atoms with Crippen LogP contribution in [-0.4, -0.2) is 26.3 Å². The molecule has 1 unspecified atom stereocenters. The second kappa shape index (κ2) is 5.69. The Balaban J connectivity index is 2.74. The zero-order valence-electron chi connectivity index (χ0n) is 9.19. The van der Waals surface area contributed by atoms with Crippen molar-refractivity contribution in [1.29, 1.82) is 0 Å². The van der Waals surface area contributed by atoms with Crippen LogP contribution in [0, 0.1) is 0 Å². The molecule has 0 bridgehead atoms. The lowest BCUT2D eigenvalue weighted by molar-refractivity contribution is 0.0694. The molecule has 0 aliphatic rings. The van der Waals surface area contributed by atoms with Gasteiger partial charge in [-0.3, -0.25) is 4.79 Å². The van der Waals surface area contributed by atoms with Crippen molar-refractivity contribution >= 4 is 17.7 Å². The maximum atomic E-state index is 11.3. The van der Waals surface area contributed by atoms with Gasteiger partial charge < -0.3 is 10.1 Å². The highest BCUT2D eigenvalue weighted by Crippen LogP contribution is 2.16. The number of nitrogens with zero attached hydrogens (tertiary/aromatic N) is 1. The fourth-order valence-electron chi connectivity index (χ4n) is 0.996. The van der Waals surface area contributed by atoms with Gasteiger partial charge in [0, 0.05) is 11.4 Å². The minimum absolute atomic E-state index is 0.322. The van der Waals surface area contributed by atoms with E-state index in [9.17, 15) is 9.59 Å². The number of aromatic amines is 1. The van der Waals surface area contributed by atoms with E-state index in [1.165, 1.54) is 0 Å². The fourth-order valence-corrected chi connectivity index (χ4v) is 1.82. The van der Waals surface area contributed by atoms with Gasteiger partial charge in [-0.2, -0.15) is 11.8 Å². The summed E-state index contributed by atoms with van der Waals surface area (Å²) >= 11 is 1.67. The van der Waals surface area contributed by atoms with E-state index >= 15 is 0 Å². The fraction of sp³-hybridized carbons (Fsp3) is 0.500. The second-order valence-electron chi connectivity index (χ2n) is 3.41. The monoisotopic (exact) mass is 242 g/mol. The first-order valence-electron chi connectivity index (χ1n) is 4.97. The third kappa shape index (κ3) is 3.37. The molecule has 1 aromatic rings. The van der Waals surface area contributed by atoms with Crippen LogP contribution in [0.25, 0.3) is 0 Å². The molecule has 5 nitrogen and oxygen atoms in total. The van der Waals surface area contributed by atoms with Crippen molar-refractivity contribution in [3.63, 3.8) is 0 Å². The molecule has 6 heteroatoms. The molecule has 0 fully saturated rings. The molecule has 1 aromatic heterocycles. The Morgan fingerprint density at radius 2 is 2.38 bits per heavy atom. The van der Waals surface area contributed by atoms with Crippen LogP contribution < -0.4 is 5.56 Å². The number of carbonyl (C=O) groups is 1. The molecule has 1 heterocycles. The van der Waals surface area contributed by atoms with Crippen molar-refractivity contribution in [2.45, 2.75) is 31.3 Å². The van der Waals surface area contributed by atoms with Crippen LogP contribution >= 0.6 is 11.8 Å². The second-order valence-corrected chi connectivity index (χ2v) is 4.83. The highest BCUT2D eigenvalue weighted by atomic mass is 32.2. The van der Waals surface area contributed by atoms with Gasteiger partial charge in [-0.15, -0.1) is 0 Å². The van der Waals surface area contributed by atoms with Crippen molar-refractivity contribution in [3.8, 4) is 0 Å². The Bertz CT molecular complexity index is 430. The number of rotatable bonds is 5. The summed E-state index contributed by atoms with van der Waals surface area (Å²) < 4.78 is 0. The lowest BCUT2D eigenvalue weighted by atomic mass is 10.3. The Morgan fingerprint density at radius 3 is 2.88 bits per heavy atom. The smallest absolute Gasteiger partial charge is 0.342 e. The van der Waals surface area contributed by atoms with E-state index in [2.05, 4.69) is 23.8 Å². The van der Waals surface area contributed by atoms with Crippen LogP contribution in [0.1, 0.15) is 36.5 Å². The first kappa shape index (κ1) is 12.8. The standard InChI is InChI=1S/C10H14N2O3S/c1-3-6(2)16-5-8-11-4-7(10(14)15)9(13)12-8/h4,6H,3,5H2,1-2H3,(H,14,15)(H,11,12,13). The summed E-state index contributed by atoms with van der Waals surface area (Å²) in [6.45, 7) is 4.18. The topological polar surface area (TPSA) is 83.0 Å². The SMILES string of the molecule is CCC(C)SCc1ncc(C(=O)O)c(=O)[nH]1. The molecular formula is C10H14N2O3S. The predicted octanol–water partition coefficient (Wildman–Crippen LogP) is 1.50. The van der Waals surface area contributed by atoms with E-state index in [1.54, 1.807) is 11.8 Å². The van der Waals surface area contributed by atoms with Gasteiger partial charge in [0.1, 0.15) is 11.4 Å². The number of thioether (sulfide) groups is 1. The summed E-state index contributed by atoms with van der Waals surface area (Å²) in [7, 11) is 0. The number of H-pyrrole nitrogens is 1. The van der Waals surface area contributed by atoms with Gasteiger partial charge in [-0.05, 0) is 6.42 Å². The van der Waals surface area contributed by atoms with Gasteiger partial charge in [0.25, 0.3) is 5.56 Å². The lowest BCUT2D eigenvalue weighted by Crippen LogP contribution is -2.19. The molecular weight excluding hydrogens is 228 g/mol. The quantitative estimate of drug-likeness (QED) is 0.817. The summed E-state index contributed by atoms with van der Waals surface area (Å²) in [4.78, 5) is 28.3. The highest BCUT2D eigenvalue weighted by Gasteiger charge is 2.10. The maximum absolute atomic E-state index is 11.3. The number of aromatic carboxylic acids is 1. The molecule has 1 atom stereocenters. The largest absolute Gasteiger partial charge is 0.477 e. The summed E-state index contributed by atoms with van der Waals surface area (Å²) in [6.07, 6.45) is 2.15. The first-order chi connectivity index (χ1) is 7.54. The van der Waals surface area contributed by atoms with Crippen molar-refractivity contribution in [1.82, 2.24) is 9.97 Å².